The molecule has 2 aromatic carbocycles. The lowest BCUT2D eigenvalue weighted by Gasteiger charge is -2.06. The predicted molar refractivity (Wildman–Crippen MR) is 89.3 cm³/mol. The van der Waals surface area contributed by atoms with Crippen molar-refractivity contribution in [2.45, 2.75) is 13.5 Å². The van der Waals surface area contributed by atoms with E-state index >= 15 is 0 Å². The highest BCUT2D eigenvalue weighted by Crippen LogP contribution is 2.25. The van der Waals surface area contributed by atoms with Gasteiger partial charge in [0.25, 0.3) is 5.69 Å². The Balaban J connectivity index is 1.57. The number of non-ortho nitro benzene ring substituents is 1. The molecule has 0 aliphatic rings. The van der Waals surface area contributed by atoms with Crippen molar-refractivity contribution >= 4 is 22.6 Å². The van der Waals surface area contributed by atoms with Crippen LogP contribution < -0.4 is 4.74 Å². The smallest absolute Gasteiger partial charge is 0.344 e. The number of ether oxygens (including phenoxy) is 2. The zero-order valence-corrected chi connectivity index (χ0v) is 13.4. The van der Waals surface area contributed by atoms with Gasteiger partial charge in [0.15, 0.2) is 6.61 Å². The molecule has 0 aliphatic heterocycles. The van der Waals surface area contributed by atoms with Gasteiger partial charge in [0.1, 0.15) is 23.7 Å². The Morgan fingerprint density at radius 1 is 1.20 bits per heavy atom. The van der Waals surface area contributed by atoms with Gasteiger partial charge >= 0.3 is 5.97 Å². The van der Waals surface area contributed by atoms with Gasteiger partial charge < -0.3 is 13.9 Å². The number of fused-ring (bicyclic) bond motifs is 1. The van der Waals surface area contributed by atoms with Gasteiger partial charge in [-0.3, -0.25) is 10.1 Å². The number of nitro groups is 1. The van der Waals surface area contributed by atoms with Gasteiger partial charge in [0, 0.05) is 17.0 Å². The number of hydrogen-bond donors (Lipinski definition) is 0. The molecule has 0 aliphatic carbocycles. The van der Waals surface area contributed by atoms with Crippen LogP contribution in [0.15, 0.2) is 52.9 Å². The first-order valence-electron chi connectivity index (χ1n) is 7.54. The second kappa shape index (κ2) is 7.04. The van der Waals surface area contributed by atoms with E-state index in [9.17, 15) is 14.9 Å². The van der Waals surface area contributed by atoms with E-state index in [4.69, 9.17) is 13.9 Å². The molecule has 0 N–H and O–H groups in total. The van der Waals surface area contributed by atoms with Crippen molar-refractivity contribution in [3.05, 3.63) is 70.0 Å². The van der Waals surface area contributed by atoms with E-state index in [0.29, 0.717) is 5.76 Å². The number of benzene rings is 2. The molecule has 1 heterocycles. The zero-order chi connectivity index (χ0) is 17.8. The number of aryl methyl sites for hydroxylation is 1. The third-order valence-corrected chi connectivity index (χ3v) is 3.69. The molecule has 0 saturated carbocycles. The second-order valence-corrected chi connectivity index (χ2v) is 5.35. The van der Waals surface area contributed by atoms with Crippen molar-refractivity contribution in [1.29, 1.82) is 0 Å². The minimum Gasteiger partial charge on any atom is -0.482 e. The van der Waals surface area contributed by atoms with Crippen molar-refractivity contribution in [3.63, 3.8) is 0 Å². The minimum absolute atomic E-state index is 0.00234. The molecule has 0 bridgehead atoms. The molecular formula is C18H15NO6. The number of nitrogens with zero attached hydrogens (tertiary/aromatic N) is 1. The lowest BCUT2D eigenvalue weighted by molar-refractivity contribution is -0.384. The number of nitro benzene ring substituents is 1. The van der Waals surface area contributed by atoms with Crippen LogP contribution in [0.5, 0.6) is 5.75 Å². The molecule has 3 aromatic rings. The van der Waals surface area contributed by atoms with E-state index in [0.717, 1.165) is 16.5 Å². The highest BCUT2D eigenvalue weighted by Gasteiger charge is 2.13. The van der Waals surface area contributed by atoms with Crippen LogP contribution in [0.3, 0.4) is 0 Å². The highest BCUT2D eigenvalue weighted by molar-refractivity contribution is 5.82. The van der Waals surface area contributed by atoms with Gasteiger partial charge in [-0.25, -0.2) is 4.79 Å². The summed E-state index contributed by atoms with van der Waals surface area (Å²) in [5.74, 6) is 0.210. The summed E-state index contributed by atoms with van der Waals surface area (Å²) in [5.41, 5.74) is 1.55. The second-order valence-electron chi connectivity index (χ2n) is 5.35. The topological polar surface area (TPSA) is 91.8 Å². The van der Waals surface area contributed by atoms with E-state index in [2.05, 4.69) is 0 Å². The quantitative estimate of drug-likeness (QED) is 0.385. The number of rotatable bonds is 6. The van der Waals surface area contributed by atoms with Crippen LogP contribution in [0, 0.1) is 17.0 Å². The Labute approximate surface area is 142 Å². The van der Waals surface area contributed by atoms with Crippen molar-refractivity contribution < 1.29 is 23.6 Å². The third kappa shape index (κ3) is 3.77. The van der Waals surface area contributed by atoms with E-state index in [-0.39, 0.29) is 24.7 Å². The van der Waals surface area contributed by atoms with E-state index < -0.39 is 10.9 Å². The molecule has 0 spiro atoms. The zero-order valence-electron chi connectivity index (χ0n) is 13.4. The average Bonchev–Trinajstić information content (AvgIpc) is 2.95. The van der Waals surface area contributed by atoms with Gasteiger partial charge in [0.05, 0.1) is 11.0 Å². The highest BCUT2D eigenvalue weighted by atomic mass is 16.6. The largest absolute Gasteiger partial charge is 0.482 e. The van der Waals surface area contributed by atoms with Crippen LogP contribution in [-0.2, 0) is 16.1 Å². The van der Waals surface area contributed by atoms with E-state index in [1.807, 2.05) is 31.2 Å². The summed E-state index contributed by atoms with van der Waals surface area (Å²) in [6, 6.07) is 13.2. The van der Waals surface area contributed by atoms with E-state index in [1.54, 1.807) is 0 Å². The molecule has 3 rings (SSSR count). The maximum Gasteiger partial charge on any atom is 0.344 e. The number of hydrogen-bond acceptors (Lipinski definition) is 6. The summed E-state index contributed by atoms with van der Waals surface area (Å²) in [5, 5.41) is 11.7. The van der Waals surface area contributed by atoms with Gasteiger partial charge in [-0.15, -0.1) is 0 Å². The Bertz CT molecular complexity index is 930. The Morgan fingerprint density at radius 2 is 2.00 bits per heavy atom. The summed E-state index contributed by atoms with van der Waals surface area (Å²) in [6.07, 6.45) is 0. The van der Waals surface area contributed by atoms with Gasteiger partial charge in [0.2, 0.25) is 0 Å². The predicted octanol–water partition coefficient (Wildman–Crippen LogP) is 3.77. The first kappa shape index (κ1) is 16.5. The molecular weight excluding hydrogens is 326 g/mol. The molecule has 0 atom stereocenters. The van der Waals surface area contributed by atoms with Crippen molar-refractivity contribution in [1.82, 2.24) is 0 Å². The van der Waals surface area contributed by atoms with Gasteiger partial charge in [-0.2, -0.15) is 0 Å². The molecule has 0 radical (unpaired) electrons. The normalized spacial score (nSPS) is 10.6. The summed E-state index contributed by atoms with van der Waals surface area (Å²) < 4.78 is 16.0. The molecule has 1 aromatic heterocycles. The van der Waals surface area contributed by atoms with Crippen LogP contribution in [0.25, 0.3) is 11.0 Å². The number of esters is 1. The molecule has 7 nitrogen and oxygen atoms in total. The SMILES string of the molecule is Cc1c(COC(=O)COc2cccc([N+](=O)[O-])c2)oc2ccccc12. The summed E-state index contributed by atoms with van der Waals surface area (Å²) in [7, 11) is 0. The monoisotopic (exact) mass is 341 g/mol. The van der Waals surface area contributed by atoms with Crippen LogP contribution >= 0.6 is 0 Å². The van der Waals surface area contributed by atoms with Gasteiger partial charge in [-0.1, -0.05) is 24.3 Å². The summed E-state index contributed by atoms with van der Waals surface area (Å²) in [4.78, 5) is 22.0. The van der Waals surface area contributed by atoms with Crippen LogP contribution in [0.1, 0.15) is 11.3 Å². The number of carbonyl (C=O) groups is 1. The lowest BCUT2D eigenvalue weighted by Crippen LogP contribution is -2.14. The minimum atomic E-state index is -0.591. The van der Waals surface area contributed by atoms with Crippen molar-refractivity contribution in [3.8, 4) is 5.75 Å². The Morgan fingerprint density at radius 3 is 2.76 bits per heavy atom. The average molecular weight is 341 g/mol. The van der Waals surface area contributed by atoms with Crippen molar-refractivity contribution in [2.75, 3.05) is 6.61 Å². The first-order chi connectivity index (χ1) is 12.0. The van der Waals surface area contributed by atoms with Crippen LogP contribution in [-0.4, -0.2) is 17.5 Å². The van der Waals surface area contributed by atoms with Crippen LogP contribution in [0.2, 0.25) is 0 Å². The Hall–Kier alpha value is -3.35. The maximum atomic E-state index is 11.8. The number of furan rings is 1. The molecule has 7 heteroatoms. The molecule has 0 fully saturated rings. The fourth-order valence-electron chi connectivity index (χ4n) is 2.38. The molecule has 128 valence electrons. The number of para-hydroxylation sites is 1. The van der Waals surface area contributed by atoms with Gasteiger partial charge in [-0.05, 0) is 19.1 Å². The maximum absolute atomic E-state index is 11.8. The molecule has 0 amide bonds. The first-order valence-corrected chi connectivity index (χ1v) is 7.54. The fraction of sp³-hybridized carbons (Fsp3) is 0.167. The molecule has 25 heavy (non-hydrogen) atoms. The summed E-state index contributed by atoms with van der Waals surface area (Å²) >= 11 is 0. The third-order valence-electron chi connectivity index (χ3n) is 3.69. The summed E-state index contributed by atoms with van der Waals surface area (Å²) in [6.45, 7) is 1.55. The van der Waals surface area contributed by atoms with Crippen molar-refractivity contribution in [2.24, 2.45) is 0 Å². The Kier molecular flexibility index (Phi) is 4.65. The fourth-order valence-corrected chi connectivity index (χ4v) is 2.38. The molecule has 0 saturated heterocycles. The van der Waals surface area contributed by atoms with E-state index in [1.165, 1.54) is 24.3 Å². The molecule has 0 unspecified atom stereocenters. The number of carbonyl (C=O) groups excluding carboxylic acids is 1. The van der Waals surface area contributed by atoms with Crippen LogP contribution in [0.4, 0.5) is 5.69 Å². The standard InChI is InChI=1S/C18H15NO6/c1-12-15-7-2-3-8-16(15)25-17(12)10-24-18(20)11-23-14-6-4-5-13(9-14)19(21)22/h2-9H,10-11H2,1H3. The lowest BCUT2D eigenvalue weighted by atomic mass is 10.1.